The number of amides is 2. The Kier molecular flexibility index (Phi) is 8.04. The summed E-state index contributed by atoms with van der Waals surface area (Å²) in [6, 6.07) is 9.63. The second kappa shape index (κ2) is 10.4. The Morgan fingerprint density at radius 1 is 1.03 bits per heavy atom. The third kappa shape index (κ3) is 7.91. The largest absolute Gasteiger partial charge is 0.476 e. The Hall–Kier alpha value is -3.89. The summed E-state index contributed by atoms with van der Waals surface area (Å²) in [6.07, 6.45) is -1.66. The van der Waals surface area contributed by atoms with Crippen LogP contribution in [0.15, 0.2) is 36.4 Å². The maximum Gasteiger partial charge on any atom is 0.420 e. The molecule has 2 aromatic rings. The molecule has 0 spiro atoms. The monoisotopic (exact) mass is 474 g/mol. The number of carbonyl (C=O) groups excluding carboxylic acids is 2. The molecule has 0 aliphatic rings. The molecule has 0 radical (unpaired) electrons. The van der Waals surface area contributed by atoms with Gasteiger partial charge in [0.1, 0.15) is 17.0 Å². The Morgan fingerprint density at radius 2 is 1.62 bits per heavy atom. The van der Waals surface area contributed by atoms with Crippen molar-refractivity contribution in [3.05, 3.63) is 52.1 Å². The summed E-state index contributed by atoms with van der Waals surface area (Å²) in [5.41, 5.74) is -0.681. The van der Waals surface area contributed by atoms with Crippen molar-refractivity contribution in [3.63, 3.8) is 0 Å². The molecular formula is C23H30N4O7. The highest BCUT2D eigenvalue weighted by Gasteiger charge is 2.31. The Labute approximate surface area is 198 Å². The Bertz CT molecular complexity index is 1030. The zero-order valence-corrected chi connectivity index (χ0v) is 20.4. The Balaban J connectivity index is 2.28. The normalized spacial score (nSPS) is 11.4. The molecule has 0 aliphatic carbocycles. The number of aromatic nitrogens is 1. The van der Waals surface area contributed by atoms with Gasteiger partial charge in [0.2, 0.25) is 0 Å². The van der Waals surface area contributed by atoms with Gasteiger partial charge in [-0.15, -0.1) is 0 Å². The van der Waals surface area contributed by atoms with E-state index in [4.69, 9.17) is 14.2 Å². The first-order chi connectivity index (χ1) is 15.7. The molecule has 0 unspecified atom stereocenters. The number of rotatable bonds is 6. The number of hydrogen-bond acceptors (Lipinski definition) is 9. The van der Waals surface area contributed by atoms with Gasteiger partial charge in [0, 0.05) is 11.8 Å². The first kappa shape index (κ1) is 26.4. The van der Waals surface area contributed by atoms with Crippen LogP contribution in [-0.2, 0) is 16.0 Å². The van der Waals surface area contributed by atoms with Crippen LogP contribution in [0.5, 0.6) is 5.88 Å². The maximum atomic E-state index is 12.7. The fraction of sp³-hybridized carbons (Fsp3) is 0.435. The van der Waals surface area contributed by atoms with Gasteiger partial charge in [-0.1, -0.05) is 12.1 Å². The van der Waals surface area contributed by atoms with Crippen LogP contribution in [0.25, 0.3) is 0 Å². The van der Waals surface area contributed by atoms with E-state index in [2.05, 4.69) is 10.3 Å². The predicted molar refractivity (Wildman–Crippen MR) is 125 cm³/mol. The van der Waals surface area contributed by atoms with Crippen molar-refractivity contribution in [3.8, 4) is 5.88 Å². The Morgan fingerprint density at radius 3 is 2.12 bits per heavy atom. The summed E-state index contributed by atoms with van der Waals surface area (Å²) in [5, 5.41) is 14.1. The van der Waals surface area contributed by atoms with Crippen LogP contribution in [0, 0.1) is 10.1 Å². The molecule has 2 rings (SSSR count). The number of benzene rings is 1. The van der Waals surface area contributed by atoms with E-state index in [1.807, 2.05) is 0 Å². The van der Waals surface area contributed by atoms with E-state index < -0.39 is 28.3 Å². The molecule has 0 atom stereocenters. The summed E-state index contributed by atoms with van der Waals surface area (Å²) in [6.45, 7) is 10.1. The summed E-state index contributed by atoms with van der Waals surface area (Å²) >= 11 is 0. The van der Waals surface area contributed by atoms with Crippen LogP contribution in [0.2, 0.25) is 0 Å². The molecule has 0 aliphatic heterocycles. The number of carbonyl (C=O) groups is 2. The highest BCUT2D eigenvalue weighted by atomic mass is 16.6. The lowest BCUT2D eigenvalue weighted by atomic mass is 10.2. The van der Waals surface area contributed by atoms with Gasteiger partial charge in [-0.3, -0.25) is 10.1 Å². The molecule has 34 heavy (non-hydrogen) atoms. The van der Waals surface area contributed by atoms with Crippen LogP contribution >= 0.6 is 0 Å². The second-order valence-electron chi connectivity index (χ2n) is 9.35. The van der Waals surface area contributed by atoms with E-state index in [0.29, 0.717) is 17.1 Å². The van der Waals surface area contributed by atoms with E-state index in [1.54, 1.807) is 65.8 Å². The lowest BCUT2D eigenvalue weighted by Gasteiger charge is -2.28. The quantitative estimate of drug-likeness (QED) is 0.430. The van der Waals surface area contributed by atoms with Crippen molar-refractivity contribution in [2.24, 2.45) is 0 Å². The van der Waals surface area contributed by atoms with Crippen LogP contribution in [0.4, 0.5) is 26.8 Å². The summed E-state index contributed by atoms with van der Waals surface area (Å²) in [5.74, 6) is 0.183. The molecule has 11 heteroatoms. The van der Waals surface area contributed by atoms with Crippen molar-refractivity contribution in [2.75, 3.05) is 12.4 Å². The van der Waals surface area contributed by atoms with Gasteiger partial charge in [0.15, 0.2) is 0 Å². The molecule has 184 valence electrons. The summed E-state index contributed by atoms with van der Waals surface area (Å²) in [7, 11) is 1.29. The lowest BCUT2D eigenvalue weighted by molar-refractivity contribution is -0.386. The van der Waals surface area contributed by atoms with Crippen molar-refractivity contribution < 1.29 is 28.7 Å². The number of pyridine rings is 1. The van der Waals surface area contributed by atoms with Gasteiger partial charge < -0.3 is 19.5 Å². The van der Waals surface area contributed by atoms with Crippen LogP contribution in [-0.4, -0.2) is 45.3 Å². The number of hydrogen-bond donors (Lipinski definition) is 1. The number of ether oxygens (including phenoxy) is 3. The number of anilines is 2. The molecule has 1 aromatic carbocycles. The zero-order valence-electron chi connectivity index (χ0n) is 20.4. The van der Waals surface area contributed by atoms with Crippen molar-refractivity contribution in [1.82, 2.24) is 9.88 Å². The predicted octanol–water partition coefficient (Wildman–Crippen LogP) is 5.41. The second-order valence-corrected chi connectivity index (χ2v) is 9.35. The van der Waals surface area contributed by atoms with Gasteiger partial charge in [-0.25, -0.2) is 14.5 Å². The molecule has 1 N–H and O–H groups in total. The fourth-order valence-corrected chi connectivity index (χ4v) is 2.71. The number of imide groups is 1. The summed E-state index contributed by atoms with van der Waals surface area (Å²) in [4.78, 5) is 40.9. The van der Waals surface area contributed by atoms with Gasteiger partial charge in [-0.05, 0) is 65.3 Å². The number of nitro groups is 1. The molecule has 0 bridgehead atoms. The van der Waals surface area contributed by atoms with Gasteiger partial charge in [-0.2, -0.15) is 4.98 Å². The van der Waals surface area contributed by atoms with Crippen LogP contribution < -0.4 is 10.1 Å². The van der Waals surface area contributed by atoms with Crippen LogP contribution in [0.3, 0.4) is 0 Å². The average Bonchev–Trinajstić information content (AvgIpc) is 2.69. The molecule has 0 saturated carbocycles. The highest BCUT2D eigenvalue weighted by Crippen LogP contribution is 2.27. The fourth-order valence-electron chi connectivity index (χ4n) is 2.71. The standard InChI is InChI=1S/C23H30N4O7/c1-22(2,3)33-20(28)26(21(29)34-23(4,5)6)14-15-9-8-10-16(13-15)24-18-12-11-17(27(30)31)19(25-18)32-7/h8-13H,14H2,1-7H3,(H,24,25). The van der Waals surface area contributed by atoms with E-state index >= 15 is 0 Å². The minimum absolute atomic E-state index is 0.101. The first-order valence-electron chi connectivity index (χ1n) is 10.5. The number of nitrogens with one attached hydrogen (secondary N) is 1. The van der Waals surface area contributed by atoms with Crippen molar-refractivity contribution in [1.29, 1.82) is 0 Å². The lowest BCUT2D eigenvalue weighted by Crippen LogP contribution is -2.43. The minimum Gasteiger partial charge on any atom is -0.476 e. The topological polar surface area (TPSA) is 133 Å². The molecular weight excluding hydrogens is 444 g/mol. The van der Waals surface area contributed by atoms with E-state index in [1.165, 1.54) is 19.2 Å². The smallest absolute Gasteiger partial charge is 0.420 e. The van der Waals surface area contributed by atoms with E-state index in [-0.39, 0.29) is 18.1 Å². The first-order valence-corrected chi connectivity index (χ1v) is 10.5. The van der Waals surface area contributed by atoms with Gasteiger partial charge in [0.05, 0.1) is 18.6 Å². The number of nitrogens with zero attached hydrogens (tertiary/aromatic N) is 3. The molecule has 11 nitrogen and oxygen atoms in total. The summed E-state index contributed by atoms with van der Waals surface area (Å²) < 4.78 is 15.8. The van der Waals surface area contributed by atoms with Crippen molar-refractivity contribution >= 4 is 29.4 Å². The van der Waals surface area contributed by atoms with E-state index in [0.717, 1.165) is 4.90 Å². The molecule has 2 amide bonds. The molecule has 1 heterocycles. The van der Waals surface area contributed by atoms with Crippen LogP contribution in [0.1, 0.15) is 47.1 Å². The third-order valence-corrected chi connectivity index (χ3v) is 4.00. The van der Waals surface area contributed by atoms with Gasteiger partial charge in [0.25, 0.3) is 5.88 Å². The highest BCUT2D eigenvalue weighted by molar-refractivity contribution is 5.88. The molecule has 1 aromatic heterocycles. The van der Waals surface area contributed by atoms with E-state index in [9.17, 15) is 19.7 Å². The third-order valence-electron chi connectivity index (χ3n) is 4.00. The SMILES string of the molecule is COc1nc(Nc2cccc(CN(C(=O)OC(C)(C)C)C(=O)OC(C)(C)C)c2)ccc1[N+](=O)[O-]. The molecule has 0 fully saturated rings. The average molecular weight is 475 g/mol. The van der Waals surface area contributed by atoms with Crippen molar-refractivity contribution in [2.45, 2.75) is 59.3 Å². The number of methoxy groups -OCH3 is 1. The molecule has 0 saturated heterocycles. The minimum atomic E-state index is -0.832. The zero-order chi connectivity index (χ0) is 25.7. The van der Waals surface area contributed by atoms with Gasteiger partial charge >= 0.3 is 17.9 Å². The maximum absolute atomic E-state index is 12.7.